The van der Waals surface area contributed by atoms with Crippen LogP contribution in [0.5, 0.6) is 34.5 Å². The third-order valence-electron chi connectivity index (χ3n) is 10.7. The Bertz CT molecular complexity index is 2350. The minimum Gasteiger partial charge on any atom is -0.497 e. The number of hydrogen-bond donors (Lipinski definition) is 0. The number of methoxy groups -OCH3 is 6. The molecule has 0 unspecified atom stereocenters. The Morgan fingerprint density at radius 2 is 0.500 bits per heavy atom. The Kier molecular flexibility index (Phi) is 19.4. The maximum atomic E-state index is 5.72. The Hall–Kier alpha value is -6.38. The number of rotatable bonds is 12. The second kappa shape index (κ2) is 25.4. The number of ether oxygens (including phenoxy) is 6. The molecule has 0 amide bonds. The van der Waals surface area contributed by atoms with Gasteiger partial charge in [0.15, 0.2) is 0 Å². The van der Waals surface area contributed by atoms with Crippen LogP contribution in [0.1, 0.15) is 44.5 Å². The molecular weight excluding hydrogens is 910 g/mol. The summed E-state index contributed by atoms with van der Waals surface area (Å²) in [5.74, 6) is 18.9. The smallest absolute Gasteiger partial charge is 0.119 e. The van der Waals surface area contributed by atoms with E-state index >= 15 is 0 Å². The van der Waals surface area contributed by atoms with Crippen molar-refractivity contribution in [3.8, 4) is 58.2 Å². The van der Waals surface area contributed by atoms with Gasteiger partial charge in [0.1, 0.15) is 45.3 Å². The van der Waals surface area contributed by atoms with Crippen molar-refractivity contribution in [2.75, 3.05) is 53.3 Å². The molecule has 0 aromatic heterocycles. The Morgan fingerprint density at radius 1 is 0.318 bits per heavy atom. The van der Waals surface area contributed by atoms with Crippen molar-refractivity contribution in [1.82, 2.24) is 0 Å². The molecule has 0 atom stereocenters. The summed E-state index contributed by atoms with van der Waals surface area (Å²) in [6, 6.07) is 56.2. The predicted octanol–water partition coefficient (Wildman–Crippen LogP) is 13.4. The van der Waals surface area contributed by atoms with E-state index in [1.54, 1.807) is 42.7 Å². The summed E-state index contributed by atoms with van der Waals surface area (Å²) in [6.45, 7) is 0. The average molecular weight is 961 g/mol. The van der Waals surface area contributed by atoms with E-state index < -0.39 is 10.8 Å². The summed E-state index contributed by atoms with van der Waals surface area (Å²) >= 11 is 19.1. The van der Waals surface area contributed by atoms with Crippen LogP contribution >= 0.6 is 46.4 Å². The van der Waals surface area contributed by atoms with Crippen LogP contribution in [0.15, 0.2) is 170 Å². The van der Waals surface area contributed by atoms with Crippen LogP contribution < -0.4 is 28.4 Å². The highest BCUT2D eigenvalue weighted by Gasteiger charge is 2.37. The van der Waals surface area contributed by atoms with Gasteiger partial charge < -0.3 is 28.4 Å². The summed E-state index contributed by atoms with van der Waals surface area (Å²) < 4.78 is 34.3. The fourth-order valence-electron chi connectivity index (χ4n) is 7.54. The van der Waals surface area contributed by atoms with Gasteiger partial charge in [-0.05, 0) is 130 Å². The minimum absolute atomic E-state index is 0.194. The molecule has 0 aliphatic carbocycles. The lowest BCUT2D eigenvalue weighted by Gasteiger charge is -2.31. The fraction of sp³-hybridized carbons (Fsp3) is 0.179. The molecule has 66 heavy (non-hydrogen) atoms. The molecule has 0 fully saturated rings. The molecule has 0 saturated heterocycles. The summed E-state index contributed by atoms with van der Waals surface area (Å²) in [5, 5.41) is 0.389. The molecule has 10 heteroatoms. The zero-order valence-corrected chi connectivity index (χ0v) is 40.6. The van der Waals surface area contributed by atoms with E-state index in [-0.39, 0.29) is 10.7 Å². The molecule has 7 rings (SSSR count). The van der Waals surface area contributed by atoms with Crippen molar-refractivity contribution >= 4 is 46.4 Å². The van der Waals surface area contributed by atoms with E-state index in [0.29, 0.717) is 0 Å². The highest BCUT2D eigenvalue weighted by molar-refractivity contribution is 6.41. The van der Waals surface area contributed by atoms with Gasteiger partial charge in [0.25, 0.3) is 0 Å². The monoisotopic (exact) mass is 958 g/mol. The largest absolute Gasteiger partial charge is 0.497 e. The first-order chi connectivity index (χ1) is 32.2. The molecular formula is C56H50Cl4O6. The first-order valence-corrected chi connectivity index (χ1v) is 22.6. The van der Waals surface area contributed by atoms with Crippen LogP contribution in [0, 0.1) is 23.7 Å². The van der Waals surface area contributed by atoms with Gasteiger partial charge in [0.05, 0.1) is 53.3 Å². The molecule has 7 aromatic rings. The van der Waals surface area contributed by atoms with Crippen LogP contribution in [0.4, 0.5) is 0 Å². The Labute approximate surface area is 409 Å². The number of hydrogen-bond acceptors (Lipinski definition) is 6. The van der Waals surface area contributed by atoms with Gasteiger partial charge in [-0.25, -0.2) is 0 Å². The molecule has 0 spiro atoms. The normalized spacial score (nSPS) is 10.5. The maximum absolute atomic E-state index is 5.72. The Balaban J connectivity index is 0.00000129. The predicted molar refractivity (Wildman–Crippen MR) is 271 cm³/mol. The molecule has 0 bridgehead atoms. The molecule has 0 aliphatic rings. The molecule has 7 aromatic carbocycles. The standard InChI is InChI=1S/C54H46O6.2CH2Cl2/c1-55-47-19-7-13-41(33-47)53(42-14-8-20-48(34-42)56-2,43-15-9-21-49(35-43)57-3)31-29-39-25-27-40(28-26-39)30-32-54(44-16-10-22-50(36-44)58-4,45-17-11-23-51(37-45)59-5)46-18-12-24-52(38-46)60-6;2*2-1-3/h7-28,33-38H,1-6H3;2*1H2. The van der Waals surface area contributed by atoms with Gasteiger partial charge in [0, 0.05) is 11.1 Å². The second-order valence-electron chi connectivity index (χ2n) is 14.2. The minimum atomic E-state index is -0.945. The van der Waals surface area contributed by atoms with E-state index in [4.69, 9.17) is 74.8 Å². The van der Waals surface area contributed by atoms with Gasteiger partial charge >= 0.3 is 0 Å². The molecule has 0 heterocycles. The second-order valence-corrected chi connectivity index (χ2v) is 15.8. The van der Waals surface area contributed by atoms with Crippen LogP contribution in [0.25, 0.3) is 0 Å². The van der Waals surface area contributed by atoms with E-state index in [1.807, 2.05) is 133 Å². The first-order valence-electron chi connectivity index (χ1n) is 20.5. The molecule has 0 N–H and O–H groups in total. The fourth-order valence-corrected chi connectivity index (χ4v) is 7.54. The molecule has 6 nitrogen and oxygen atoms in total. The number of benzene rings is 7. The van der Waals surface area contributed by atoms with Crippen LogP contribution in [-0.2, 0) is 10.8 Å². The quantitative estimate of drug-likeness (QED) is 0.0691. The van der Waals surface area contributed by atoms with E-state index in [9.17, 15) is 0 Å². The highest BCUT2D eigenvalue weighted by atomic mass is 35.5. The molecule has 0 radical (unpaired) electrons. The average Bonchev–Trinajstić information content (AvgIpc) is 3.38. The summed E-state index contributed by atoms with van der Waals surface area (Å²) in [5.41, 5.74) is 5.34. The number of alkyl halides is 4. The van der Waals surface area contributed by atoms with E-state index in [1.165, 1.54) is 0 Å². The zero-order chi connectivity index (χ0) is 47.4. The summed E-state index contributed by atoms with van der Waals surface area (Å²) in [6.07, 6.45) is 0. The molecule has 0 aliphatic heterocycles. The van der Waals surface area contributed by atoms with Crippen LogP contribution in [0.2, 0.25) is 0 Å². The summed E-state index contributed by atoms with van der Waals surface area (Å²) in [7, 11) is 10.0. The lowest BCUT2D eigenvalue weighted by Crippen LogP contribution is -2.28. The van der Waals surface area contributed by atoms with Crippen molar-refractivity contribution in [1.29, 1.82) is 0 Å². The third kappa shape index (κ3) is 12.1. The zero-order valence-electron chi connectivity index (χ0n) is 37.5. The van der Waals surface area contributed by atoms with Crippen molar-refractivity contribution in [3.05, 3.63) is 214 Å². The summed E-state index contributed by atoms with van der Waals surface area (Å²) in [4.78, 5) is 0. The number of halogens is 4. The van der Waals surface area contributed by atoms with Gasteiger partial charge in [0.2, 0.25) is 0 Å². The molecule has 338 valence electrons. The van der Waals surface area contributed by atoms with Crippen molar-refractivity contribution in [3.63, 3.8) is 0 Å². The van der Waals surface area contributed by atoms with E-state index in [0.717, 1.165) is 79.0 Å². The lowest BCUT2D eigenvalue weighted by molar-refractivity contribution is 0.411. The van der Waals surface area contributed by atoms with E-state index in [2.05, 4.69) is 60.1 Å². The SMILES string of the molecule is COc1cccc(C(C#Cc2ccc(C#CC(c3cccc(OC)c3)(c3cccc(OC)c3)c3cccc(OC)c3)cc2)(c2cccc(OC)c2)c2cccc(OC)c2)c1.ClCCl.ClCCl. The van der Waals surface area contributed by atoms with Crippen LogP contribution in [-0.4, -0.2) is 53.3 Å². The highest BCUT2D eigenvalue weighted by Crippen LogP contribution is 2.44. The Morgan fingerprint density at radius 3 is 0.667 bits per heavy atom. The van der Waals surface area contributed by atoms with Gasteiger partial charge in [-0.1, -0.05) is 96.5 Å². The third-order valence-corrected chi connectivity index (χ3v) is 10.7. The van der Waals surface area contributed by atoms with Gasteiger partial charge in [-0.3, -0.25) is 0 Å². The molecule has 0 saturated carbocycles. The van der Waals surface area contributed by atoms with Gasteiger partial charge in [-0.2, -0.15) is 0 Å². The topological polar surface area (TPSA) is 55.4 Å². The first kappa shape index (κ1) is 50.6. The van der Waals surface area contributed by atoms with Crippen molar-refractivity contribution in [2.24, 2.45) is 0 Å². The van der Waals surface area contributed by atoms with Gasteiger partial charge in [-0.15, -0.1) is 46.4 Å². The van der Waals surface area contributed by atoms with Crippen molar-refractivity contribution < 1.29 is 28.4 Å². The van der Waals surface area contributed by atoms with Crippen LogP contribution in [0.3, 0.4) is 0 Å². The maximum Gasteiger partial charge on any atom is 0.119 e. The lowest BCUT2D eigenvalue weighted by atomic mass is 9.69. The van der Waals surface area contributed by atoms with Crippen molar-refractivity contribution in [2.45, 2.75) is 10.8 Å².